The maximum Gasteiger partial charge on any atom is 0.0572 e. The van der Waals surface area contributed by atoms with Gasteiger partial charge >= 0.3 is 0 Å². The van der Waals surface area contributed by atoms with Gasteiger partial charge in [-0.25, -0.2) is 10.0 Å². The highest BCUT2D eigenvalue weighted by Crippen LogP contribution is 1.95. The van der Waals surface area contributed by atoms with Crippen LogP contribution in [0, 0.1) is 0 Å². The van der Waals surface area contributed by atoms with Crippen LogP contribution in [-0.4, -0.2) is 61.5 Å². The van der Waals surface area contributed by atoms with Crippen molar-refractivity contribution in [2.75, 3.05) is 46.4 Å². The molecule has 1 aliphatic rings. The van der Waals surface area contributed by atoms with Gasteiger partial charge in [0.2, 0.25) is 0 Å². The maximum atomic E-state index is 8.74. The van der Waals surface area contributed by atoms with Crippen LogP contribution in [0.25, 0.3) is 0 Å². The maximum absolute atomic E-state index is 8.74. The monoisotopic (exact) mass is 159 g/mol. The zero-order chi connectivity index (χ0) is 8.10. The molecular weight excluding hydrogens is 142 g/mol. The van der Waals surface area contributed by atoms with Crippen molar-refractivity contribution >= 4 is 0 Å². The van der Waals surface area contributed by atoms with Gasteiger partial charge in [-0.15, -0.1) is 0 Å². The molecule has 0 aromatic carbocycles. The van der Waals surface area contributed by atoms with Gasteiger partial charge in [0.15, 0.2) is 0 Å². The van der Waals surface area contributed by atoms with Crippen molar-refractivity contribution in [1.29, 1.82) is 0 Å². The highest BCUT2D eigenvalue weighted by Gasteiger charge is 2.12. The van der Waals surface area contributed by atoms with E-state index in [1.165, 1.54) is 0 Å². The fourth-order valence-corrected chi connectivity index (χ4v) is 1.28. The molecule has 1 rings (SSSR count). The van der Waals surface area contributed by atoms with E-state index in [1.54, 1.807) is 0 Å². The number of likely N-dealkylation sites (N-methyl/N-ethyl adjacent to an activating group) is 1. The van der Waals surface area contributed by atoms with Crippen LogP contribution < -0.4 is 5.32 Å². The lowest BCUT2D eigenvalue weighted by molar-refractivity contribution is 0.000796. The first-order valence-electron chi connectivity index (χ1n) is 4.12. The van der Waals surface area contributed by atoms with Gasteiger partial charge in [0.1, 0.15) is 0 Å². The van der Waals surface area contributed by atoms with Crippen LogP contribution in [0.1, 0.15) is 0 Å². The molecule has 0 amide bonds. The summed E-state index contributed by atoms with van der Waals surface area (Å²) in [5, 5.41) is 16.4. The second kappa shape index (κ2) is 4.66. The second-order valence-electron chi connectivity index (χ2n) is 2.81. The largest absolute Gasteiger partial charge is 0.395 e. The van der Waals surface area contributed by atoms with Gasteiger partial charge in [-0.3, -0.25) is 0 Å². The molecule has 0 aliphatic carbocycles. The van der Waals surface area contributed by atoms with E-state index in [0.717, 1.165) is 32.7 Å². The van der Waals surface area contributed by atoms with Crippen molar-refractivity contribution < 1.29 is 5.11 Å². The first-order chi connectivity index (χ1) is 5.34. The summed E-state index contributed by atoms with van der Waals surface area (Å²) in [4.78, 5) is 0. The summed E-state index contributed by atoms with van der Waals surface area (Å²) in [6.07, 6.45) is 0. The highest BCUT2D eigenvalue weighted by molar-refractivity contribution is 4.62. The van der Waals surface area contributed by atoms with E-state index in [9.17, 15) is 0 Å². The molecule has 1 aliphatic heterocycles. The minimum atomic E-state index is 0.240. The second-order valence-corrected chi connectivity index (χ2v) is 2.81. The number of hydrogen-bond acceptors (Lipinski definition) is 4. The Labute approximate surface area is 67.8 Å². The molecule has 1 heterocycles. The number of nitrogens with zero attached hydrogens (tertiary/aromatic N) is 2. The lowest BCUT2D eigenvalue weighted by Crippen LogP contribution is -2.42. The summed E-state index contributed by atoms with van der Waals surface area (Å²) in [6, 6.07) is 0. The summed E-state index contributed by atoms with van der Waals surface area (Å²) >= 11 is 0. The quantitative estimate of drug-likeness (QED) is 0.527. The Balaban J connectivity index is 2.32. The predicted molar refractivity (Wildman–Crippen MR) is 44.2 cm³/mol. The van der Waals surface area contributed by atoms with Crippen LogP contribution in [0.4, 0.5) is 0 Å². The molecule has 4 heteroatoms. The molecule has 0 bridgehead atoms. The normalized spacial score (nSPS) is 23.5. The Morgan fingerprint density at radius 3 is 2.82 bits per heavy atom. The lowest BCUT2D eigenvalue weighted by atomic mass is 10.5. The van der Waals surface area contributed by atoms with Crippen LogP contribution in [-0.2, 0) is 0 Å². The predicted octanol–water partition coefficient (Wildman–Crippen LogP) is -1.27. The van der Waals surface area contributed by atoms with Crippen molar-refractivity contribution in [2.45, 2.75) is 0 Å². The number of β-amino-alcohol motifs (C(OH)–C–C–N with tert-alkyl or cyclic N) is 1. The fraction of sp³-hybridized carbons (Fsp3) is 1.00. The smallest absolute Gasteiger partial charge is 0.0572 e. The third kappa shape index (κ3) is 2.75. The molecule has 0 saturated carbocycles. The highest BCUT2D eigenvalue weighted by atomic mass is 16.3. The Morgan fingerprint density at radius 2 is 2.09 bits per heavy atom. The Morgan fingerprint density at radius 1 is 1.36 bits per heavy atom. The summed E-state index contributed by atoms with van der Waals surface area (Å²) in [5.41, 5.74) is 0. The van der Waals surface area contributed by atoms with Crippen LogP contribution in [0.5, 0.6) is 0 Å². The summed E-state index contributed by atoms with van der Waals surface area (Å²) in [7, 11) is 2.06. The van der Waals surface area contributed by atoms with Crippen molar-refractivity contribution in [2.24, 2.45) is 0 Å². The standard InChI is InChI=1S/C7H17N3O/c1-9-4-2-8-3-5-10(9)6-7-11/h8,11H,2-7H2,1H3. The molecule has 0 unspecified atom stereocenters. The van der Waals surface area contributed by atoms with Gasteiger partial charge in [-0.2, -0.15) is 0 Å². The van der Waals surface area contributed by atoms with E-state index >= 15 is 0 Å². The number of aliphatic hydroxyl groups is 1. The third-order valence-corrected chi connectivity index (χ3v) is 2.00. The number of hydrazine groups is 1. The molecule has 0 radical (unpaired) electrons. The molecule has 2 N–H and O–H groups in total. The molecule has 1 fully saturated rings. The molecule has 4 nitrogen and oxygen atoms in total. The first kappa shape index (κ1) is 8.93. The summed E-state index contributed by atoms with van der Waals surface area (Å²) in [5.74, 6) is 0. The molecule has 0 atom stereocenters. The minimum Gasteiger partial charge on any atom is -0.395 e. The average Bonchev–Trinajstić information content (AvgIpc) is 2.18. The van der Waals surface area contributed by atoms with Crippen LogP contribution >= 0.6 is 0 Å². The molecule has 11 heavy (non-hydrogen) atoms. The Bertz CT molecular complexity index is 110. The van der Waals surface area contributed by atoms with Gasteiger partial charge in [-0.05, 0) is 0 Å². The van der Waals surface area contributed by atoms with Crippen molar-refractivity contribution in [1.82, 2.24) is 15.3 Å². The van der Waals surface area contributed by atoms with Crippen LogP contribution in [0.15, 0.2) is 0 Å². The number of nitrogens with one attached hydrogen (secondary N) is 1. The molecule has 0 spiro atoms. The first-order valence-corrected chi connectivity index (χ1v) is 4.12. The fourth-order valence-electron chi connectivity index (χ4n) is 1.28. The number of rotatable bonds is 2. The molecular formula is C7H17N3O. The lowest BCUT2D eigenvalue weighted by Gasteiger charge is -2.28. The van der Waals surface area contributed by atoms with Crippen LogP contribution in [0.3, 0.4) is 0 Å². The average molecular weight is 159 g/mol. The summed E-state index contributed by atoms with van der Waals surface area (Å²) in [6.45, 7) is 5.07. The molecule has 1 saturated heterocycles. The Kier molecular flexibility index (Phi) is 3.79. The van der Waals surface area contributed by atoms with E-state index in [4.69, 9.17) is 5.11 Å². The molecule has 0 aromatic heterocycles. The zero-order valence-corrected chi connectivity index (χ0v) is 7.08. The topological polar surface area (TPSA) is 38.7 Å². The van der Waals surface area contributed by atoms with E-state index in [0.29, 0.717) is 0 Å². The van der Waals surface area contributed by atoms with Gasteiger partial charge in [0, 0.05) is 39.8 Å². The molecule has 66 valence electrons. The van der Waals surface area contributed by atoms with Crippen molar-refractivity contribution in [3.63, 3.8) is 0 Å². The molecule has 0 aromatic rings. The van der Waals surface area contributed by atoms with Gasteiger partial charge in [0.25, 0.3) is 0 Å². The van der Waals surface area contributed by atoms with Crippen molar-refractivity contribution in [3.05, 3.63) is 0 Å². The van der Waals surface area contributed by atoms with E-state index < -0.39 is 0 Å². The van der Waals surface area contributed by atoms with Crippen molar-refractivity contribution in [3.8, 4) is 0 Å². The number of aliphatic hydroxyl groups excluding tert-OH is 1. The van der Waals surface area contributed by atoms with E-state index in [-0.39, 0.29) is 6.61 Å². The van der Waals surface area contributed by atoms with Gasteiger partial charge in [-0.1, -0.05) is 0 Å². The van der Waals surface area contributed by atoms with Gasteiger partial charge < -0.3 is 10.4 Å². The summed E-state index contributed by atoms with van der Waals surface area (Å²) < 4.78 is 0. The van der Waals surface area contributed by atoms with E-state index in [1.807, 2.05) is 0 Å². The zero-order valence-electron chi connectivity index (χ0n) is 7.08. The van der Waals surface area contributed by atoms with Gasteiger partial charge in [0.05, 0.1) is 6.61 Å². The third-order valence-electron chi connectivity index (χ3n) is 2.00. The van der Waals surface area contributed by atoms with Crippen LogP contribution in [0.2, 0.25) is 0 Å². The SMILES string of the molecule is CN1CCNCCN1CCO. The van der Waals surface area contributed by atoms with E-state index in [2.05, 4.69) is 22.4 Å². The Hall–Kier alpha value is -0.160. The minimum absolute atomic E-state index is 0.240. The number of hydrogen-bond donors (Lipinski definition) is 2.